The van der Waals surface area contributed by atoms with Crippen LogP contribution in [-0.4, -0.2) is 89.0 Å². The van der Waals surface area contributed by atoms with E-state index in [1.165, 1.54) is 225 Å². The second-order valence-electron chi connectivity index (χ2n) is 20.1. The summed E-state index contributed by atoms with van der Waals surface area (Å²) in [4.78, 5) is 25.5. The van der Waals surface area contributed by atoms with Crippen molar-refractivity contribution in [1.82, 2.24) is 0 Å². The van der Waals surface area contributed by atoms with Gasteiger partial charge >= 0.3 is 11.9 Å². The molecule has 0 bridgehead atoms. The van der Waals surface area contributed by atoms with Crippen molar-refractivity contribution in [2.75, 3.05) is 19.8 Å². The first kappa shape index (κ1) is 62.7. The lowest BCUT2D eigenvalue weighted by Gasteiger charge is -2.39. The SMILES string of the molecule is CCCCCCCCCCCCCCCCCCCCCCCCCC(=O)O[C@H](COC(=O)CCCCCCCCCCCCCCCCCCCC)CO[C@@H]1O[C@H](CO)[C@H](O)C(O)C1O. The van der Waals surface area contributed by atoms with Crippen LogP contribution in [0.1, 0.15) is 290 Å². The molecular weight excluding hydrogens is 833 g/mol. The number of aliphatic hydroxyl groups is 4. The van der Waals surface area contributed by atoms with Gasteiger partial charge in [0.1, 0.15) is 31.0 Å². The first-order valence-corrected chi connectivity index (χ1v) is 28.6. The minimum Gasteiger partial charge on any atom is -0.462 e. The van der Waals surface area contributed by atoms with Gasteiger partial charge in [-0.15, -0.1) is 0 Å². The van der Waals surface area contributed by atoms with Crippen molar-refractivity contribution in [2.45, 2.75) is 327 Å². The van der Waals surface area contributed by atoms with Gasteiger partial charge in [-0.3, -0.25) is 9.59 Å². The van der Waals surface area contributed by atoms with Crippen molar-refractivity contribution in [3.05, 3.63) is 0 Å². The Morgan fingerprint density at radius 1 is 0.409 bits per heavy atom. The minimum atomic E-state index is -1.59. The molecule has 0 radical (unpaired) electrons. The van der Waals surface area contributed by atoms with Crippen LogP contribution in [-0.2, 0) is 28.5 Å². The highest BCUT2D eigenvalue weighted by Gasteiger charge is 2.44. The molecule has 0 aromatic rings. The minimum absolute atomic E-state index is 0.208. The number of esters is 2. The van der Waals surface area contributed by atoms with Gasteiger partial charge < -0.3 is 39.4 Å². The quantitative estimate of drug-likeness (QED) is 0.0343. The van der Waals surface area contributed by atoms with E-state index < -0.39 is 49.4 Å². The molecule has 4 N–H and O–H groups in total. The smallest absolute Gasteiger partial charge is 0.306 e. The molecule has 0 aromatic heterocycles. The molecular formula is C56H108O10. The predicted octanol–water partition coefficient (Wildman–Crippen LogP) is 14.1. The third kappa shape index (κ3) is 37.6. The van der Waals surface area contributed by atoms with Gasteiger partial charge in [-0.1, -0.05) is 264 Å². The van der Waals surface area contributed by atoms with E-state index in [0.29, 0.717) is 6.42 Å². The van der Waals surface area contributed by atoms with Crippen LogP contribution in [0.3, 0.4) is 0 Å². The van der Waals surface area contributed by atoms with Crippen LogP contribution in [0.15, 0.2) is 0 Å². The molecule has 0 amide bonds. The number of ether oxygens (including phenoxy) is 4. The van der Waals surface area contributed by atoms with Crippen molar-refractivity contribution in [1.29, 1.82) is 0 Å². The van der Waals surface area contributed by atoms with Crippen LogP contribution >= 0.6 is 0 Å². The Bertz CT molecular complexity index is 1040. The maximum Gasteiger partial charge on any atom is 0.306 e. The van der Waals surface area contributed by atoms with E-state index in [4.69, 9.17) is 18.9 Å². The molecule has 0 aromatic carbocycles. The van der Waals surface area contributed by atoms with Crippen LogP contribution in [0, 0.1) is 0 Å². The van der Waals surface area contributed by atoms with E-state index in [0.717, 1.165) is 32.1 Å². The van der Waals surface area contributed by atoms with E-state index in [2.05, 4.69) is 13.8 Å². The average Bonchev–Trinajstić information content (AvgIpc) is 3.32. The summed E-state index contributed by atoms with van der Waals surface area (Å²) in [5, 5.41) is 40.3. The molecule has 0 aliphatic carbocycles. The maximum absolute atomic E-state index is 12.9. The van der Waals surface area contributed by atoms with Crippen molar-refractivity contribution in [3.63, 3.8) is 0 Å². The first-order valence-electron chi connectivity index (χ1n) is 28.6. The number of hydrogen-bond acceptors (Lipinski definition) is 10. The first-order chi connectivity index (χ1) is 32.3. The van der Waals surface area contributed by atoms with Gasteiger partial charge in [0, 0.05) is 12.8 Å². The number of carbonyl (C=O) groups excluding carboxylic acids is 2. The molecule has 2 unspecified atom stereocenters. The van der Waals surface area contributed by atoms with E-state index in [-0.39, 0.29) is 32.0 Å². The molecule has 1 aliphatic rings. The Hall–Kier alpha value is -1.30. The summed E-state index contributed by atoms with van der Waals surface area (Å²) in [5.41, 5.74) is 0. The number of carbonyl (C=O) groups is 2. The van der Waals surface area contributed by atoms with Crippen molar-refractivity contribution < 1.29 is 49.0 Å². The highest BCUT2D eigenvalue weighted by molar-refractivity contribution is 5.70. The molecule has 6 atom stereocenters. The molecule has 0 spiro atoms. The zero-order valence-electron chi connectivity index (χ0n) is 43.2. The summed E-state index contributed by atoms with van der Waals surface area (Å²) in [6.45, 7) is 3.50. The lowest BCUT2D eigenvalue weighted by Crippen LogP contribution is -2.59. The van der Waals surface area contributed by atoms with Crippen molar-refractivity contribution >= 4 is 11.9 Å². The fraction of sp³-hybridized carbons (Fsp3) is 0.964. The van der Waals surface area contributed by atoms with E-state index in [1.807, 2.05) is 0 Å². The van der Waals surface area contributed by atoms with Gasteiger partial charge in [0.15, 0.2) is 12.4 Å². The zero-order chi connectivity index (χ0) is 48.0. The Morgan fingerprint density at radius 2 is 0.712 bits per heavy atom. The summed E-state index contributed by atoms with van der Waals surface area (Å²) >= 11 is 0. The summed E-state index contributed by atoms with van der Waals surface area (Å²) in [5.74, 6) is -0.782. The Morgan fingerprint density at radius 3 is 1.03 bits per heavy atom. The number of aliphatic hydroxyl groups excluding tert-OH is 4. The topological polar surface area (TPSA) is 152 Å². The highest BCUT2D eigenvalue weighted by atomic mass is 16.7. The number of hydrogen-bond donors (Lipinski definition) is 4. The van der Waals surface area contributed by atoms with Crippen molar-refractivity contribution in [3.8, 4) is 0 Å². The normalized spacial score (nSPS) is 19.0. The van der Waals surface area contributed by atoms with Gasteiger partial charge in [-0.2, -0.15) is 0 Å². The summed E-state index contributed by atoms with van der Waals surface area (Å²) in [6, 6.07) is 0. The monoisotopic (exact) mass is 941 g/mol. The Kier molecular flexibility index (Phi) is 45.0. The van der Waals surface area contributed by atoms with Gasteiger partial charge in [0.2, 0.25) is 0 Å². The highest BCUT2D eigenvalue weighted by Crippen LogP contribution is 2.23. The van der Waals surface area contributed by atoms with Gasteiger partial charge in [-0.25, -0.2) is 0 Å². The van der Waals surface area contributed by atoms with E-state index in [1.54, 1.807) is 0 Å². The van der Waals surface area contributed by atoms with Gasteiger partial charge in [0.05, 0.1) is 13.2 Å². The third-order valence-electron chi connectivity index (χ3n) is 13.7. The van der Waals surface area contributed by atoms with Gasteiger partial charge in [0.25, 0.3) is 0 Å². The van der Waals surface area contributed by atoms with Gasteiger partial charge in [-0.05, 0) is 12.8 Å². The van der Waals surface area contributed by atoms with E-state index >= 15 is 0 Å². The molecule has 66 heavy (non-hydrogen) atoms. The number of rotatable bonds is 50. The predicted molar refractivity (Wildman–Crippen MR) is 270 cm³/mol. The second-order valence-corrected chi connectivity index (χ2v) is 20.1. The lowest BCUT2D eigenvalue weighted by atomic mass is 9.99. The largest absolute Gasteiger partial charge is 0.462 e. The second kappa shape index (κ2) is 47.4. The summed E-state index contributed by atoms with van der Waals surface area (Å²) in [7, 11) is 0. The molecule has 392 valence electrons. The molecule has 10 nitrogen and oxygen atoms in total. The van der Waals surface area contributed by atoms with Crippen LogP contribution < -0.4 is 0 Å². The molecule has 1 heterocycles. The zero-order valence-corrected chi connectivity index (χ0v) is 43.2. The van der Waals surface area contributed by atoms with Crippen LogP contribution in [0.4, 0.5) is 0 Å². The molecule has 1 rings (SSSR count). The van der Waals surface area contributed by atoms with Crippen LogP contribution in [0.5, 0.6) is 0 Å². The summed E-state index contributed by atoms with van der Waals surface area (Å²) in [6.07, 6.45) is 45.5. The third-order valence-corrected chi connectivity index (χ3v) is 13.7. The van der Waals surface area contributed by atoms with Crippen molar-refractivity contribution in [2.24, 2.45) is 0 Å². The molecule has 1 saturated heterocycles. The Labute approximate surface area is 406 Å². The summed E-state index contributed by atoms with van der Waals surface area (Å²) < 4.78 is 22.3. The molecule has 10 heteroatoms. The average molecular weight is 941 g/mol. The fourth-order valence-electron chi connectivity index (χ4n) is 9.25. The van der Waals surface area contributed by atoms with E-state index in [9.17, 15) is 30.0 Å². The standard InChI is InChI=1S/C56H108O10/c1-3-5-7-9-11-13-15-17-19-21-23-24-25-26-27-29-31-33-35-37-39-41-43-45-52(59)65-49(48-64-56-55(62)54(61)53(60)50(46-57)66-56)47-63-51(58)44-42-40-38-36-34-32-30-28-22-20-18-16-14-12-10-8-6-4-2/h49-50,53-57,60-62H,3-48H2,1-2H3/t49-,50-,53+,54?,55?,56-/m1/s1. The number of unbranched alkanes of at least 4 members (excludes halogenated alkanes) is 39. The maximum atomic E-state index is 12.9. The molecule has 1 fully saturated rings. The van der Waals surface area contributed by atoms with Crippen LogP contribution in [0.25, 0.3) is 0 Å². The molecule has 1 aliphatic heterocycles. The lowest BCUT2D eigenvalue weighted by molar-refractivity contribution is -0.305. The van der Waals surface area contributed by atoms with Crippen LogP contribution in [0.2, 0.25) is 0 Å². The Balaban J connectivity index is 2.18. The molecule has 0 saturated carbocycles. The fourth-order valence-corrected chi connectivity index (χ4v) is 9.25.